The van der Waals surface area contributed by atoms with Crippen molar-refractivity contribution in [1.29, 1.82) is 0 Å². The van der Waals surface area contributed by atoms with Gasteiger partial charge in [-0.2, -0.15) is 0 Å². The number of hydrogen-bond donors (Lipinski definition) is 2. The normalized spacial score (nSPS) is 8.58. The molecule has 0 amide bonds. The maximum atomic E-state index is 10.7. The third-order valence-electron chi connectivity index (χ3n) is 1.01. The van der Waals surface area contributed by atoms with Crippen LogP contribution in [0.1, 0.15) is 13.8 Å². The van der Waals surface area contributed by atoms with Gasteiger partial charge < -0.3 is 5.73 Å². The predicted molar refractivity (Wildman–Crippen MR) is 52.2 cm³/mol. The van der Waals surface area contributed by atoms with Crippen LogP contribution in [-0.4, -0.2) is 9.32 Å². The molecular weight excluding hydrogens is 177 g/mol. The van der Waals surface area contributed by atoms with E-state index in [2.05, 4.69) is 9.39 Å². The lowest BCUT2D eigenvalue weighted by Gasteiger charge is -1.97. The number of hydrogen-bond acceptors (Lipinski definition) is 3. The van der Waals surface area contributed by atoms with Crippen molar-refractivity contribution < 1.29 is 0 Å². The van der Waals surface area contributed by atoms with Crippen LogP contribution < -0.4 is 17.0 Å². The second kappa shape index (κ2) is 4.72. The van der Waals surface area contributed by atoms with Gasteiger partial charge in [-0.3, -0.25) is 14.1 Å². The second-order valence-electron chi connectivity index (χ2n) is 1.73. The first-order valence-corrected chi connectivity index (χ1v) is 4.00. The number of nitrogens with one attached hydrogen (secondary N) is 1. The van der Waals surface area contributed by atoms with Gasteiger partial charge in [0.15, 0.2) is 0 Å². The van der Waals surface area contributed by atoms with Crippen molar-refractivity contribution in [3.8, 4) is 0 Å². The smallest absolute Gasteiger partial charge is 0.332 e. The number of H-pyrrole nitrogens is 1. The lowest BCUT2D eigenvalue weighted by molar-refractivity contribution is 1.00. The molecule has 0 spiro atoms. The van der Waals surface area contributed by atoms with Crippen LogP contribution in [0.15, 0.2) is 15.7 Å². The van der Waals surface area contributed by atoms with Crippen molar-refractivity contribution in [3.05, 3.63) is 26.9 Å². The van der Waals surface area contributed by atoms with Crippen LogP contribution in [0.4, 0.5) is 5.82 Å². The van der Waals surface area contributed by atoms with Crippen molar-refractivity contribution in [2.75, 3.05) is 5.73 Å². The number of nitrogens with zero attached hydrogens (tertiary/aromatic N) is 1. The monoisotopic (exact) mass is 189 g/mol. The summed E-state index contributed by atoms with van der Waals surface area (Å²) in [7, 11) is 2.08. The first-order valence-electron chi connectivity index (χ1n) is 3.48. The van der Waals surface area contributed by atoms with E-state index in [9.17, 15) is 9.59 Å². The van der Waals surface area contributed by atoms with Gasteiger partial charge in [0.25, 0.3) is 5.56 Å². The molecule has 12 heavy (non-hydrogen) atoms. The molecule has 68 valence electrons. The second-order valence-corrected chi connectivity index (χ2v) is 2.25. The lowest BCUT2D eigenvalue weighted by Crippen LogP contribution is -2.26. The Morgan fingerprint density at radius 3 is 2.42 bits per heavy atom. The molecule has 1 rings (SSSR count). The molecule has 6 heteroatoms. The summed E-state index contributed by atoms with van der Waals surface area (Å²) >= 11 is 0. The molecule has 0 saturated carbocycles. The van der Waals surface area contributed by atoms with Crippen molar-refractivity contribution >= 4 is 15.2 Å². The summed E-state index contributed by atoms with van der Waals surface area (Å²) in [5.74, 6) is 0.124. The van der Waals surface area contributed by atoms with Crippen LogP contribution in [0.3, 0.4) is 0 Å². The molecule has 0 aromatic carbocycles. The van der Waals surface area contributed by atoms with E-state index in [1.165, 1.54) is 0 Å². The largest absolute Gasteiger partial charge is 0.385 e. The van der Waals surface area contributed by atoms with E-state index in [1.54, 1.807) is 0 Å². The summed E-state index contributed by atoms with van der Waals surface area (Å²) in [5.41, 5.74) is 4.23. The third kappa shape index (κ3) is 2.51. The Kier molecular flexibility index (Phi) is 4.29. The summed E-state index contributed by atoms with van der Waals surface area (Å²) in [4.78, 5) is 23.2. The highest BCUT2D eigenvalue weighted by Gasteiger charge is 1.94. The molecule has 3 N–H and O–H groups in total. The van der Waals surface area contributed by atoms with Gasteiger partial charge in [0, 0.05) is 6.07 Å². The number of nitrogen functional groups attached to an aromatic ring is 1. The Bertz CT molecular complexity index is 355. The predicted octanol–water partition coefficient (Wildman–Crippen LogP) is -0.217. The van der Waals surface area contributed by atoms with Crippen molar-refractivity contribution in [3.63, 3.8) is 0 Å². The molecule has 1 heterocycles. The minimum absolute atomic E-state index is 0.124. The summed E-state index contributed by atoms with van der Waals surface area (Å²) in [5, 5.41) is 0. The summed E-state index contributed by atoms with van der Waals surface area (Å²) in [6.07, 6.45) is 0. The number of aromatic amines is 1. The Morgan fingerprint density at radius 1 is 1.50 bits per heavy atom. The van der Waals surface area contributed by atoms with Gasteiger partial charge >= 0.3 is 5.69 Å². The zero-order chi connectivity index (χ0) is 9.72. The molecule has 0 aliphatic rings. The van der Waals surface area contributed by atoms with Crippen LogP contribution >= 0.6 is 9.39 Å². The van der Waals surface area contributed by atoms with Crippen LogP contribution in [0, 0.1) is 0 Å². The zero-order valence-electron chi connectivity index (χ0n) is 7.00. The van der Waals surface area contributed by atoms with Crippen LogP contribution in [0.2, 0.25) is 0 Å². The molecule has 0 aliphatic carbocycles. The van der Waals surface area contributed by atoms with Gasteiger partial charge in [0.2, 0.25) is 0 Å². The number of rotatable bonds is 0. The molecule has 0 bridgehead atoms. The van der Waals surface area contributed by atoms with Gasteiger partial charge in [-0.25, -0.2) is 4.79 Å². The Morgan fingerprint density at radius 2 is 2.00 bits per heavy atom. The first-order chi connectivity index (χ1) is 5.61. The fourth-order valence-electron chi connectivity index (χ4n) is 0.523. The highest BCUT2D eigenvalue weighted by Crippen LogP contribution is 1.94. The molecule has 1 unspecified atom stereocenters. The molecule has 0 aliphatic heterocycles. The Labute approximate surface area is 71.9 Å². The SMILES string of the molecule is CC.Nc1cc(=O)[nH]c(=O)n1P. The van der Waals surface area contributed by atoms with Gasteiger partial charge in [0.1, 0.15) is 5.82 Å². The quantitative estimate of drug-likeness (QED) is 0.554. The highest BCUT2D eigenvalue weighted by molar-refractivity contribution is 7.14. The molecule has 5 nitrogen and oxygen atoms in total. The standard InChI is InChI=1S/C4H6N3O2P.C2H6/c5-2-1-3(8)6-4(9)7(2)10;1-2/h1H,5,10H2,(H,6,8,9);1-2H3. The molecule has 1 aromatic heterocycles. The summed E-state index contributed by atoms with van der Waals surface area (Å²) in [6.45, 7) is 4.00. The van der Waals surface area contributed by atoms with Crippen LogP contribution in [0.5, 0.6) is 0 Å². The molecular formula is C6H12N3O2P. The van der Waals surface area contributed by atoms with E-state index in [1.807, 2.05) is 18.8 Å². The average Bonchev–Trinajstić information content (AvgIpc) is 2.04. The maximum Gasteiger partial charge on any atom is 0.332 e. The highest BCUT2D eigenvalue weighted by atomic mass is 31.0. The molecule has 0 fully saturated rings. The van der Waals surface area contributed by atoms with E-state index < -0.39 is 11.2 Å². The van der Waals surface area contributed by atoms with E-state index in [0.717, 1.165) is 10.4 Å². The zero-order valence-corrected chi connectivity index (χ0v) is 8.15. The molecule has 0 saturated heterocycles. The van der Waals surface area contributed by atoms with E-state index in [4.69, 9.17) is 5.73 Å². The van der Waals surface area contributed by atoms with Gasteiger partial charge in [-0.15, -0.1) is 0 Å². The van der Waals surface area contributed by atoms with Crippen molar-refractivity contribution in [2.24, 2.45) is 0 Å². The fraction of sp³-hybridized carbons (Fsp3) is 0.333. The number of nitrogens with two attached hydrogens (primary N) is 1. The van der Waals surface area contributed by atoms with Crippen LogP contribution in [-0.2, 0) is 0 Å². The number of anilines is 1. The summed E-state index contributed by atoms with van der Waals surface area (Å²) in [6, 6.07) is 1.13. The molecule has 1 atom stereocenters. The van der Waals surface area contributed by atoms with E-state index in [0.29, 0.717) is 0 Å². The first kappa shape index (κ1) is 10.9. The van der Waals surface area contributed by atoms with Crippen molar-refractivity contribution in [1.82, 2.24) is 9.32 Å². The minimum atomic E-state index is -0.532. The number of aromatic nitrogens is 2. The molecule has 1 aromatic rings. The lowest BCUT2D eigenvalue weighted by atomic mass is 10.6. The Balaban J connectivity index is 0.000000561. The van der Waals surface area contributed by atoms with Gasteiger partial charge in [0.05, 0.1) is 0 Å². The molecule has 0 radical (unpaired) electrons. The fourth-order valence-corrected chi connectivity index (χ4v) is 0.662. The average molecular weight is 189 g/mol. The minimum Gasteiger partial charge on any atom is -0.385 e. The van der Waals surface area contributed by atoms with Gasteiger partial charge in [-0.1, -0.05) is 13.8 Å². The topological polar surface area (TPSA) is 80.9 Å². The summed E-state index contributed by atoms with van der Waals surface area (Å²) < 4.78 is 1.07. The third-order valence-corrected chi connectivity index (χ3v) is 1.54. The van der Waals surface area contributed by atoms with Crippen molar-refractivity contribution in [2.45, 2.75) is 13.8 Å². The van der Waals surface area contributed by atoms with E-state index in [-0.39, 0.29) is 5.82 Å². The van der Waals surface area contributed by atoms with Gasteiger partial charge in [-0.05, 0) is 9.39 Å². The Hall–Kier alpha value is -1.09. The van der Waals surface area contributed by atoms with Crippen LogP contribution in [0.25, 0.3) is 0 Å². The maximum absolute atomic E-state index is 10.7. The van der Waals surface area contributed by atoms with E-state index >= 15 is 0 Å².